The molecule has 2 aromatic rings. The SMILES string of the molecule is O=C(c1cccs1)N1CC(=O)N2CCc3ccc(Cl)cc3C2C1. The molecule has 2 amide bonds. The first-order chi connectivity index (χ1) is 11.1. The minimum Gasteiger partial charge on any atom is -0.332 e. The highest BCUT2D eigenvalue weighted by Crippen LogP contribution is 2.35. The summed E-state index contributed by atoms with van der Waals surface area (Å²) in [6.07, 6.45) is 0.841. The maximum atomic E-state index is 12.6. The third-order valence-corrected chi connectivity index (χ3v) is 5.62. The highest BCUT2D eigenvalue weighted by Gasteiger charge is 2.38. The fraction of sp³-hybridized carbons (Fsp3) is 0.294. The summed E-state index contributed by atoms with van der Waals surface area (Å²) in [5.41, 5.74) is 2.29. The van der Waals surface area contributed by atoms with Gasteiger partial charge in [0.15, 0.2) is 0 Å². The minimum atomic E-state index is -0.0948. The minimum absolute atomic E-state index is 0.0109. The van der Waals surface area contributed by atoms with E-state index in [1.165, 1.54) is 16.9 Å². The molecule has 6 heteroatoms. The van der Waals surface area contributed by atoms with Crippen LogP contribution >= 0.6 is 22.9 Å². The highest BCUT2D eigenvalue weighted by atomic mass is 35.5. The molecule has 1 aromatic carbocycles. The average molecular weight is 347 g/mol. The number of hydrogen-bond acceptors (Lipinski definition) is 3. The molecule has 1 fully saturated rings. The van der Waals surface area contributed by atoms with Crippen LogP contribution in [0.25, 0.3) is 0 Å². The third kappa shape index (κ3) is 2.54. The number of carbonyl (C=O) groups excluding carboxylic acids is 2. The summed E-state index contributed by atoms with van der Waals surface area (Å²) < 4.78 is 0. The quantitative estimate of drug-likeness (QED) is 0.796. The van der Waals surface area contributed by atoms with E-state index in [1.54, 1.807) is 11.0 Å². The molecule has 118 valence electrons. The lowest BCUT2D eigenvalue weighted by Crippen LogP contribution is -2.55. The van der Waals surface area contributed by atoms with Crippen molar-refractivity contribution in [3.05, 3.63) is 56.7 Å². The molecule has 0 radical (unpaired) electrons. The van der Waals surface area contributed by atoms with E-state index in [0.717, 1.165) is 12.0 Å². The maximum Gasteiger partial charge on any atom is 0.264 e. The molecule has 2 aliphatic rings. The molecule has 0 bridgehead atoms. The van der Waals surface area contributed by atoms with Crippen LogP contribution in [0.3, 0.4) is 0 Å². The van der Waals surface area contributed by atoms with Gasteiger partial charge >= 0.3 is 0 Å². The molecule has 2 aliphatic heterocycles. The molecule has 0 saturated carbocycles. The van der Waals surface area contributed by atoms with Crippen LogP contribution in [0.5, 0.6) is 0 Å². The summed E-state index contributed by atoms with van der Waals surface area (Å²) in [7, 11) is 0. The van der Waals surface area contributed by atoms with E-state index in [2.05, 4.69) is 0 Å². The van der Waals surface area contributed by atoms with Crippen LogP contribution in [-0.2, 0) is 11.2 Å². The third-order valence-electron chi connectivity index (χ3n) is 4.52. The topological polar surface area (TPSA) is 40.6 Å². The predicted octanol–water partition coefficient (Wildman–Crippen LogP) is 2.98. The Hall–Kier alpha value is -1.85. The van der Waals surface area contributed by atoms with Crippen molar-refractivity contribution in [1.82, 2.24) is 9.80 Å². The van der Waals surface area contributed by atoms with Crippen LogP contribution in [-0.4, -0.2) is 41.2 Å². The Morgan fingerprint density at radius 2 is 2.17 bits per heavy atom. The zero-order valence-electron chi connectivity index (χ0n) is 12.4. The standard InChI is InChI=1S/C17H15ClN2O2S/c18-12-4-3-11-5-6-20-14(13(11)8-12)9-19(10-16(20)21)17(22)15-2-1-7-23-15/h1-4,7-8,14H,5-6,9-10H2. The molecular formula is C17H15ClN2O2S. The highest BCUT2D eigenvalue weighted by molar-refractivity contribution is 7.12. The van der Waals surface area contributed by atoms with Gasteiger partial charge in [-0.25, -0.2) is 0 Å². The van der Waals surface area contributed by atoms with Crippen molar-refractivity contribution in [3.63, 3.8) is 0 Å². The van der Waals surface area contributed by atoms with Gasteiger partial charge in [0, 0.05) is 18.1 Å². The van der Waals surface area contributed by atoms with Gasteiger partial charge in [-0.3, -0.25) is 9.59 Å². The van der Waals surface area contributed by atoms with E-state index in [0.29, 0.717) is 23.0 Å². The first-order valence-electron chi connectivity index (χ1n) is 7.54. The second-order valence-corrected chi connectivity index (χ2v) is 7.24. The molecule has 3 heterocycles. The number of nitrogens with zero attached hydrogens (tertiary/aromatic N) is 2. The predicted molar refractivity (Wildman–Crippen MR) is 89.8 cm³/mol. The summed E-state index contributed by atoms with van der Waals surface area (Å²) in [5, 5.41) is 2.54. The summed E-state index contributed by atoms with van der Waals surface area (Å²) >= 11 is 7.55. The van der Waals surface area contributed by atoms with Crippen LogP contribution in [0.15, 0.2) is 35.7 Å². The van der Waals surface area contributed by atoms with E-state index < -0.39 is 0 Å². The maximum absolute atomic E-state index is 12.6. The van der Waals surface area contributed by atoms with Gasteiger partial charge in [0.25, 0.3) is 5.91 Å². The van der Waals surface area contributed by atoms with Crippen LogP contribution in [0.2, 0.25) is 5.02 Å². The molecule has 1 unspecified atom stereocenters. The zero-order chi connectivity index (χ0) is 16.0. The van der Waals surface area contributed by atoms with E-state index in [9.17, 15) is 9.59 Å². The van der Waals surface area contributed by atoms with E-state index >= 15 is 0 Å². The fourth-order valence-electron chi connectivity index (χ4n) is 3.40. The van der Waals surface area contributed by atoms with Crippen LogP contribution in [0.4, 0.5) is 0 Å². The number of thiophene rings is 1. The molecule has 1 aromatic heterocycles. The number of amides is 2. The fourth-order valence-corrected chi connectivity index (χ4v) is 4.27. The zero-order valence-corrected chi connectivity index (χ0v) is 13.9. The average Bonchev–Trinajstić information content (AvgIpc) is 3.08. The monoisotopic (exact) mass is 346 g/mol. The van der Waals surface area contributed by atoms with Crippen molar-refractivity contribution in [1.29, 1.82) is 0 Å². The summed E-state index contributed by atoms with van der Waals surface area (Å²) in [5.74, 6) is -0.0565. The Kier molecular flexibility index (Phi) is 3.62. The number of hydrogen-bond donors (Lipinski definition) is 0. The molecule has 1 saturated heterocycles. The lowest BCUT2D eigenvalue weighted by atomic mass is 9.90. The van der Waals surface area contributed by atoms with Crippen molar-refractivity contribution in [3.8, 4) is 0 Å². The Morgan fingerprint density at radius 1 is 1.30 bits per heavy atom. The molecule has 4 nitrogen and oxygen atoms in total. The molecular weight excluding hydrogens is 332 g/mol. The van der Waals surface area contributed by atoms with Crippen molar-refractivity contribution >= 4 is 34.8 Å². The normalized spacial score (nSPS) is 20.2. The van der Waals surface area contributed by atoms with Gasteiger partial charge in [-0.2, -0.15) is 0 Å². The molecule has 23 heavy (non-hydrogen) atoms. The number of benzene rings is 1. The lowest BCUT2D eigenvalue weighted by Gasteiger charge is -2.44. The van der Waals surface area contributed by atoms with E-state index in [4.69, 9.17) is 11.6 Å². The van der Waals surface area contributed by atoms with Crippen LogP contribution in [0, 0.1) is 0 Å². The number of rotatable bonds is 1. The lowest BCUT2D eigenvalue weighted by molar-refractivity contribution is -0.139. The summed E-state index contributed by atoms with van der Waals surface area (Å²) in [4.78, 5) is 29.3. The summed E-state index contributed by atoms with van der Waals surface area (Å²) in [6, 6.07) is 9.40. The van der Waals surface area contributed by atoms with Gasteiger partial charge in [-0.05, 0) is 41.1 Å². The summed E-state index contributed by atoms with van der Waals surface area (Å²) in [6.45, 7) is 1.39. The van der Waals surface area contributed by atoms with Gasteiger partial charge in [0.05, 0.1) is 10.9 Å². The first kappa shape index (κ1) is 14.7. The van der Waals surface area contributed by atoms with Crippen LogP contribution < -0.4 is 0 Å². The molecule has 0 N–H and O–H groups in total. The van der Waals surface area contributed by atoms with Crippen molar-refractivity contribution in [2.75, 3.05) is 19.6 Å². The molecule has 0 spiro atoms. The second-order valence-electron chi connectivity index (χ2n) is 5.86. The number of carbonyl (C=O) groups is 2. The van der Waals surface area contributed by atoms with Crippen molar-refractivity contribution in [2.24, 2.45) is 0 Å². The largest absolute Gasteiger partial charge is 0.332 e. The number of halogens is 1. The molecule has 1 atom stereocenters. The van der Waals surface area contributed by atoms with Gasteiger partial charge in [0.1, 0.15) is 6.54 Å². The van der Waals surface area contributed by atoms with Crippen molar-refractivity contribution in [2.45, 2.75) is 12.5 Å². The van der Waals surface area contributed by atoms with Gasteiger partial charge in [-0.1, -0.05) is 23.7 Å². The Morgan fingerprint density at radius 3 is 2.96 bits per heavy atom. The van der Waals surface area contributed by atoms with E-state index in [-0.39, 0.29) is 24.4 Å². The van der Waals surface area contributed by atoms with E-state index in [1.807, 2.05) is 34.5 Å². The van der Waals surface area contributed by atoms with Gasteiger partial charge in [-0.15, -0.1) is 11.3 Å². The van der Waals surface area contributed by atoms with Crippen molar-refractivity contribution < 1.29 is 9.59 Å². The van der Waals surface area contributed by atoms with Gasteiger partial charge in [0.2, 0.25) is 5.91 Å². The Bertz CT molecular complexity index is 775. The van der Waals surface area contributed by atoms with Gasteiger partial charge < -0.3 is 9.80 Å². The number of fused-ring (bicyclic) bond motifs is 3. The second kappa shape index (κ2) is 5.65. The van der Waals surface area contributed by atoms with Crippen LogP contribution in [0.1, 0.15) is 26.8 Å². The molecule has 4 rings (SSSR count). The first-order valence-corrected chi connectivity index (χ1v) is 8.80. The Balaban J connectivity index is 1.67. The Labute approximate surface area is 143 Å². The smallest absolute Gasteiger partial charge is 0.264 e. The number of piperazine rings is 1. The molecule has 0 aliphatic carbocycles.